The molecule has 0 aliphatic heterocycles. The van der Waals surface area contributed by atoms with Gasteiger partial charge in [-0.15, -0.1) is 16.8 Å². The lowest BCUT2D eigenvalue weighted by molar-refractivity contribution is -0.119. The number of rotatable bonds is 7. The highest BCUT2D eigenvalue weighted by atomic mass is 32.2. The predicted molar refractivity (Wildman–Crippen MR) is 106 cm³/mol. The SMILES string of the molecule is C=CCn1c(SCC(=O)NC2(C#N)CCCC2)nnc1-c1cccc(C)c1. The summed E-state index contributed by atoms with van der Waals surface area (Å²) in [6.45, 7) is 6.40. The molecule has 0 atom stereocenters. The lowest BCUT2D eigenvalue weighted by atomic mass is 10.0. The Labute approximate surface area is 163 Å². The van der Waals surface area contributed by atoms with Crippen LogP contribution in [0, 0.1) is 18.3 Å². The van der Waals surface area contributed by atoms with E-state index in [1.807, 2.05) is 29.7 Å². The molecule has 1 aromatic heterocycles. The van der Waals surface area contributed by atoms with E-state index in [2.05, 4.69) is 34.2 Å². The van der Waals surface area contributed by atoms with Crippen LogP contribution in [-0.4, -0.2) is 32.0 Å². The Kier molecular flexibility index (Phi) is 5.97. The lowest BCUT2D eigenvalue weighted by Gasteiger charge is -2.21. The van der Waals surface area contributed by atoms with Crippen molar-refractivity contribution in [2.24, 2.45) is 0 Å². The zero-order chi connectivity index (χ0) is 19.3. The summed E-state index contributed by atoms with van der Waals surface area (Å²) >= 11 is 1.33. The molecule has 3 rings (SSSR count). The topological polar surface area (TPSA) is 83.6 Å². The number of nitrogens with zero attached hydrogens (tertiary/aromatic N) is 4. The molecule has 1 N–H and O–H groups in total. The van der Waals surface area contributed by atoms with E-state index >= 15 is 0 Å². The van der Waals surface area contributed by atoms with Crippen molar-refractivity contribution in [3.63, 3.8) is 0 Å². The Balaban J connectivity index is 1.72. The fourth-order valence-corrected chi connectivity index (χ4v) is 4.11. The Morgan fingerprint density at radius 3 is 2.89 bits per heavy atom. The van der Waals surface area contributed by atoms with Crippen molar-refractivity contribution in [3.05, 3.63) is 42.5 Å². The highest BCUT2D eigenvalue weighted by Crippen LogP contribution is 2.29. The van der Waals surface area contributed by atoms with E-state index in [1.165, 1.54) is 11.8 Å². The van der Waals surface area contributed by atoms with Gasteiger partial charge in [0.1, 0.15) is 5.54 Å². The molecule has 1 aliphatic rings. The molecule has 7 heteroatoms. The maximum Gasteiger partial charge on any atom is 0.231 e. The zero-order valence-electron chi connectivity index (χ0n) is 15.4. The first-order valence-corrected chi connectivity index (χ1v) is 10.0. The van der Waals surface area contributed by atoms with Crippen LogP contribution in [0.15, 0.2) is 42.1 Å². The highest BCUT2D eigenvalue weighted by molar-refractivity contribution is 7.99. The molecule has 0 bridgehead atoms. The first-order chi connectivity index (χ1) is 13.1. The van der Waals surface area contributed by atoms with Crippen molar-refractivity contribution in [2.75, 3.05) is 5.75 Å². The smallest absolute Gasteiger partial charge is 0.231 e. The van der Waals surface area contributed by atoms with Crippen LogP contribution in [0.25, 0.3) is 11.4 Å². The van der Waals surface area contributed by atoms with Crippen molar-refractivity contribution < 1.29 is 4.79 Å². The van der Waals surface area contributed by atoms with Gasteiger partial charge in [0.05, 0.1) is 11.8 Å². The van der Waals surface area contributed by atoms with Gasteiger partial charge in [0, 0.05) is 12.1 Å². The summed E-state index contributed by atoms with van der Waals surface area (Å²) < 4.78 is 1.95. The molecule has 1 aliphatic carbocycles. The van der Waals surface area contributed by atoms with Crippen molar-refractivity contribution in [1.82, 2.24) is 20.1 Å². The number of carbonyl (C=O) groups is 1. The largest absolute Gasteiger partial charge is 0.337 e. The van der Waals surface area contributed by atoms with Gasteiger partial charge < -0.3 is 5.32 Å². The molecular weight excluding hydrogens is 358 g/mol. The van der Waals surface area contributed by atoms with Crippen LogP contribution in [0.2, 0.25) is 0 Å². The van der Waals surface area contributed by atoms with Crippen LogP contribution in [0.4, 0.5) is 0 Å². The minimum atomic E-state index is -0.695. The second kappa shape index (κ2) is 8.40. The fraction of sp³-hybridized carbons (Fsp3) is 0.400. The molecule has 0 saturated heterocycles. The van der Waals surface area contributed by atoms with E-state index in [1.54, 1.807) is 6.08 Å². The minimum absolute atomic E-state index is 0.145. The van der Waals surface area contributed by atoms with Gasteiger partial charge in [-0.3, -0.25) is 9.36 Å². The van der Waals surface area contributed by atoms with Crippen LogP contribution in [0.5, 0.6) is 0 Å². The molecule has 27 heavy (non-hydrogen) atoms. The second-order valence-corrected chi connectivity index (χ2v) is 7.76. The Hall–Kier alpha value is -2.59. The summed E-state index contributed by atoms with van der Waals surface area (Å²) in [5.74, 6) is 0.812. The summed E-state index contributed by atoms with van der Waals surface area (Å²) in [7, 11) is 0. The van der Waals surface area contributed by atoms with Crippen molar-refractivity contribution in [3.8, 4) is 17.5 Å². The molecule has 2 aromatic rings. The molecule has 1 saturated carbocycles. The van der Waals surface area contributed by atoms with Crippen LogP contribution >= 0.6 is 11.8 Å². The molecule has 1 aromatic carbocycles. The van der Waals surface area contributed by atoms with Crippen molar-refractivity contribution in [2.45, 2.75) is 49.8 Å². The number of benzene rings is 1. The van der Waals surface area contributed by atoms with E-state index in [4.69, 9.17) is 0 Å². The van der Waals surface area contributed by atoms with Gasteiger partial charge in [0.2, 0.25) is 5.91 Å². The first-order valence-electron chi connectivity index (χ1n) is 9.03. The summed E-state index contributed by atoms with van der Waals surface area (Å²) in [4.78, 5) is 12.4. The number of thioether (sulfide) groups is 1. The van der Waals surface area contributed by atoms with E-state index in [0.717, 1.165) is 42.6 Å². The number of nitriles is 1. The number of amides is 1. The van der Waals surface area contributed by atoms with Gasteiger partial charge in [-0.1, -0.05) is 41.6 Å². The number of carbonyl (C=O) groups excluding carboxylic acids is 1. The zero-order valence-corrected chi connectivity index (χ0v) is 16.3. The number of allylic oxidation sites excluding steroid dienone is 1. The average molecular weight is 382 g/mol. The third-order valence-corrected chi connectivity index (χ3v) is 5.65. The van der Waals surface area contributed by atoms with Gasteiger partial charge in [-0.2, -0.15) is 5.26 Å². The van der Waals surface area contributed by atoms with Crippen LogP contribution < -0.4 is 5.32 Å². The number of aryl methyl sites for hydroxylation is 1. The second-order valence-electron chi connectivity index (χ2n) is 6.81. The number of nitrogens with one attached hydrogen (secondary N) is 1. The summed E-state index contributed by atoms with van der Waals surface area (Å²) in [6, 6.07) is 10.4. The van der Waals surface area contributed by atoms with Crippen molar-refractivity contribution >= 4 is 17.7 Å². The molecule has 0 radical (unpaired) electrons. The summed E-state index contributed by atoms with van der Waals surface area (Å²) in [5.41, 5.74) is 1.43. The average Bonchev–Trinajstić information content (AvgIpc) is 3.28. The van der Waals surface area contributed by atoms with Crippen LogP contribution in [0.3, 0.4) is 0 Å². The third-order valence-electron chi connectivity index (χ3n) is 4.69. The Morgan fingerprint density at radius 2 is 2.22 bits per heavy atom. The molecule has 1 amide bonds. The Bertz CT molecular complexity index is 877. The van der Waals surface area contributed by atoms with E-state index in [0.29, 0.717) is 11.7 Å². The van der Waals surface area contributed by atoms with Gasteiger partial charge in [0.25, 0.3) is 0 Å². The van der Waals surface area contributed by atoms with Gasteiger partial charge in [0.15, 0.2) is 11.0 Å². The molecule has 1 fully saturated rings. The normalized spacial score (nSPS) is 15.3. The van der Waals surface area contributed by atoms with E-state index < -0.39 is 5.54 Å². The minimum Gasteiger partial charge on any atom is -0.337 e. The third kappa shape index (κ3) is 4.40. The fourth-order valence-electron chi connectivity index (χ4n) is 3.36. The van der Waals surface area contributed by atoms with Gasteiger partial charge in [-0.05, 0) is 38.7 Å². The maximum absolute atomic E-state index is 12.4. The number of hydrogen-bond acceptors (Lipinski definition) is 5. The molecular formula is C20H23N5OS. The predicted octanol–water partition coefficient (Wildman–Crippen LogP) is 3.48. The standard InChI is InChI=1S/C20H23N5OS/c1-3-11-25-18(16-8-6-7-15(2)12-16)23-24-19(25)27-13-17(26)22-20(14-21)9-4-5-10-20/h3,6-8,12H,1,4-5,9-11,13H2,2H3,(H,22,26). The van der Waals surface area contributed by atoms with Gasteiger partial charge in [-0.25, -0.2) is 0 Å². The number of hydrogen-bond donors (Lipinski definition) is 1. The molecule has 1 heterocycles. The monoisotopic (exact) mass is 381 g/mol. The van der Waals surface area contributed by atoms with Crippen LogP contribution in [0.1, 0.15) is 31.2 Å². The van der Waals surface area contributed by atoms with Crippen molar-refractivity contribution in [1.29, 1.82) is 5.26 Å². The van der Waals surface area contributed by atoms with E-state index in [-0.39, 0.29) is 11.7 Å². The Morgan fingerprint density at radius 1 is 1.44 bits per heavy atom. The number of aromatic nitrogens is 3. The summed E-state index contributed by atoms with van der Waals surface area (Å²) in [6.07, 6.45) is 5.20. The van der Waals surface area contributed by atoms with E-state index in [9.17, 15) is 10.1 Å². The van der Waals surface area contributed by atoms with Gasteiger partial charge >= 0.3 is 0 Å². The lowest BCUT2D eigenvalue weighted by Crippen LogP contribution is -2.45. The first kappa shape index (κ1) is 19.2. The maximum atomic E-state index is 12.4. The summed E-state index contributed by atoms with van der Waals surface area (Å²) in [5, 5.41) is 21.6. The van der Waals surface area contributed by atoms with Crippen LogP contribution in [-0.2, 0) is 11.3 Å². The highest BCUT2D eigenvalue weighted by Gasteiger charge is 2.35. The quantitative estimate of drug-likeness (QED) is 0.586. The molecule has 0 spiro atoms. The molecule has 0 unspecified atom stereocenters. The molecule has 6 nitrogen and oxygen atoms in total. The molecule has 140 valence electrons.